The minimum atomic E-state index is -0.461. The number of nitrogens with zero attached hydrogens (tertiary/aromatic N) is 4. The molecule has 0 aromatic carbocycles. The van der Waals surface area contributed by atoms with Crippen LogP contribution in [0, 0.1) is 0 Å². The van der Waals surface area contributed by atoms with Crippen molar-refractivity contribution in [1.82, 2.24) is 25.0 Å². The summed E-state index contributed by atoms with van der Waals surface area (Å²) in [6.07, 6.45) is 4.36. The van der Waals surface area contributed by atoms with Gasteiger partial charge >= 0.3 is 6.09 Å². The van der Waals surface area contributed by atoms with Crippen molar-refractivity contribution in [3.63, 3.8) is 0 Å². The van der Waals surface area contributed by atoms with Crippen LogP contribution in [-0.4, -0.2) is 50.5 Å². The number of ether oxygens (including phenoxy) is 1. The van der Waals surface area contributed by atoms with Crippen molar-refractivity contribution in [2.24, 2.45) is 7.05 Å². The first kappa shape index (κ1) is 17.2. The van der Waals surface area contributed by atoms with Crippen LogP contribution in [0.5, 0.6) is 0 Å². The SMILES string of the molecule is Cn1c(CN2CCCC2CNC(=O)OC(C)(C)C)nnc1C1CC1. The van der Waals surface area contributed by atoms with Gasteiger partial charge in [0.1, 0.15) is 17.2 Å². The Morgan fingerprint density at radius 1 is 1.29 bits per heavy atom. The summed E-state index contributed by atoms with van der Waals surface area (Å²) >= 11 is 0. The Balaban J connectivity index is 1.53. The lowest BCUT2D eigenvalue weighted by atomic mass is 10.2. The zero-order valence-corrected chi connectivity index (χ0v) is 15.2. The van der Waals surface area contributed by atoms with Gasteiger partial charge in [-0.15, -0.1) is 10.2 Å². The Hall–Kier alpha value is -1.63. The summed E-state index contributed by atoms with van der Waals surface area (Å²) in [6, 6.07) is 0.332. The number of alkyl carbamates (subject to hydrolysis) is 1. The minimum Gasteiger partial charge on any atom is -0.444 e. The molecule has 3 rings (SSSR count). The molecule has 1 aromatic rings. The normalized spacial score (nSPS) is 21.9. The van der Waals surface area contributed by atoms with Gasteiger partial charge in [-0.25, -0.2) is 4.79 Å². The fourth-order valence-electron chi connectivity index (χ4n) is 3.24. The molecule has 7 heteroatoms. The van der Waals surface area contributed by atoms with Crippen LogP contribution in [0.2, 0.25) is 0 Å². The first-order valence-corrected chi connectivity index (χ1v) is 8.92. The van der Waals surface area contributed by atoms with Crippen molar-refractivity contribution in [2.45, 2.75) is 70.6 Å². The molecule has 2 aliphatic rings. The lowest BCUT2D eigenvalue weighted by Crippen LogP contribution is -2.42. The topological polar surface area (TPSA) is 72.3 Å². The highest BCUT2D eigenvalue weighted by Gasteiger charge is 2.31. The summed E-state index contributed by atoms with van der Waals surface area (Å²) in [6.45, 7) is 8.06. The summed E-state index contributed by atoms with van der Waals surface area (Å²) in [5.74, 6) is 2.74. The van der Waals surface area contributed by atoms with Gasteiger partial charge in [0.05, 0.1) is 6.54 Å². The maximum Gasteiger partial charge on any atom is 0.407 e. The molecule has 2 fully saturated rings. The van der Waals surface area contributed by atoms with Gasteiger partial charge in [0.25, 0.3) is 0 Å². The maximum absolute atomic E-state index is 11.8. The molecule has 1 saturated heterocycles. The van der Waals surface area contributed by atoms with Gasteiger partial charge in [0.2, 0.25) is 0 Å². The predicted octanol–water partition coefficient (Wildman–Crippen LogP) is 2.18. The quantitative estimate of drug-likeness (QED) is 0.893. The third kappa shape index (κ3) is 4.26. The standard InChI is InChI=1S/C17H29N5O2/c1-17(2,3)24-16(23)18-10-13-6-5-9-22(13)11-14-19-20-15(21(14)4)12-7-8-12/h12-13H,5-11H2,1-4H3,(H,18,23). The highest BCUT2D eigenvalue weighted by Crippen LogP contribution is 2.38. The van der Waals surface area contributed by atoms with Gasteiger partial charge in [-0.3, -0.25) is 4.90 Å². The lowest BCUT2D eigenvalue weighted by molar-refractivity contribution is 0.0512. The van der Waals surface area contributed by atoms with Crippen molar-refractivity contribution in [3.8, 4) is 0 Å². The smallest absolute Gasteiger partial charge is 0.407 e. The number of hydrogen-bond donors (Lipinski definition) is 1. The number of rotatable bonds is 5. The third-order valence-electron chi connectivity index (χ3n) is 4.67. The average molecular weight is 335 g/mol. The summed E-state index contributed by atoms with van der Waals surface area (Å²) in [5, 5.41) is 11.6. The van der Waals surface area contributed by atoms with Gasteiger partial charge in [-0.2, -0.15) is 0 Å². The van der Waals surface area contributed by atoms with Crippen molar-refractivity contribution in [3.05, 3.63) is 11.6 Å². The predicted molar refractivity (Wildman–Crippen MR) is 90.6 cm³/mol. The van der Waals surface area contributed by atoms with E-state index in [0.717, 1.165) is 37.6 Å². The van der Waals surface area contributed by atoms with E-state index >= 15 is 0 Å². The number of likely N-dealkylation sites (tertiary alicyclic amines) is 1. The second kappa shape index (κ2) is 6.70. The molecule has 1 unspecified atom stereocenters. The molecule has 1 aliphatic heterocycles. The van der Waals surface area contributed by atoms with E-state index in [-0.39, 0.29) is 6.09 Å². The maximum atomic E-state index is 11.8. The number of carbonyl (C=O) groups is 1. The van der Waals surface area contributed by atoms with Crippen LogP contribution in [0.4, 0.5) is 4.79 Å². The average Bonchev–Trinajstić information content (AvgIpc) is 3.12. The molecule has 0 spiro atoms. The molecule has 1 aliphatic carbocycles. The molecular weight excluding hydrogens is 306 g/mol. The molecule has 134 valence electrons. The summed E-state index contributed by atoms with van der Waals surface area (Å²) in [4.78, 5) is 14.2. The van der Waals surface area contributed by atoms with Gasteiger partial charge in [0, 0.05) is 25.6 Å². The van der Waals surface area contributed by atoms with Crippen LogP contribution in [0.15, 0.2) is 0 Å². The van der Waals surface area contributed by atoms with E-state index in [2.05, 4.69) is 32.0 Å². The van der Waals surface area contributed by atoms with E-state index in [9.17, 15) is 4.79 Å². The molecule has 0 bridgehead atoms. The Morgan fingerprint density at radius 3 is 2.71 bits per heavy atom. The monoisotopic (exact) mass is 335 g/mol. The Morgan fingerprint density at radius 2 is 2.04 bits per heavy atom. The Bertz CT molecular complexity index is 588. The van der Waals surface area contributed by atoms with Crippen LogP contribution in [-0.2, 0) is 18.3 Å². The van der Waals surface area contributed by atoms with Crippen molar-refractivity contribution >= 4 is 6.09 Å². The van der Waals surface area contributed by atoms with Gasteiger partial charge in [-0.05, 0) is 53.0 Å². The van der Waals surface area contributed by atoms with Crippen LogP contribution in [0.25, 0.3) is 0 Å². The van der Waals surface area contributed by atoms with Gasteiger partial charge < -0.3 is 14.6 Å². The zero-order chi connectivity index (χ0) is 17.3. The van der Waals surface area contributed by atoms with E-state index in [4.69, 9.17) is 4.74 Å². The minimum absolute atomic E-state index is 0.332. The van der Waals surface area contributed by atoms with Crippen molar-refractivity contribution in [1.29, 1.82) is 0 Å². The molecular formula is C17H29N5O2. The van der Waals surface area contributed by atoms with Crippen LogP contribution in [0.1, 0.15) is 64.0 Å². The van der Waals surface area contributed by atoms with Gasteiger partial charge in [-0.1, -0.05) is 0 Å². The third-order valence-corrected chi connectivity index (χ3v) is 4.67. The number of aromatic nitrogens is 3. The largest absolute Gasteiger partial charge is 0.444 e. The second-order valence-electron chi connectivity index (χ2n) is 7.96. The molecule has 1 saturated carbocycles. The first-order chi connectivity index (χ1) is 11.3. The van der Waals surface area contributed by atoms with E-state index in [1.54, 1.807) is 0 Å². The van der Waals surface area contributed by atoms with E-state index in [1.807, 2.05) is 20.8 Å². The van der Waals surface area contributed by atoms with Gasteiger partial charge in [0.15, 0.2) is 0 Å². The van der Waals surface area contributed by atoms with Crippen LogP contribution in [0.3, 0.4) is 0 Å². The van der Waals surface area contributed by atoms with Crippen molar-refractivity contribution in [2.75, 3.05) is 13.1 Å². The van der Waals surface area contributed by atoms with E-state index in [0.29, 0.717) is 18.5 Å². The molecule has 24 heavy (non-hydrogen) atoms. The van der Waals surface area contributed by atoms with Crippen LogP contribution >= 0.6 is 0 Å². The fraction of sp³-hybridized carbons (Fsp3) is 0.824. The molecule has 7 nitrogen and oxygen atoms in total. The summed E-state index contributed by atoms with van der Waals surface area (Å²) in [7, 11) is 2.06. The molecule has 0 radical (unpaired) electrons. The number of carbonyl (C=O) groups excluding carboxylic acids is 1. The first-order valence-electron chi connectivity index (χ1n) is 8.92. The van der Waals surface area contributed by atoms with E-state index in [1.165, 1.54) is 12.8 Å². The highest BCUT2D eigenvalue weighted by molar-refractivity contribution is 5.67. The molecule has 1 atom stereocenters. The molecule has 2 heterocycles. The zero-order valence-electron chi connectivity index (χ0n) is 15.2. The number of nitrogens with one attached hydrogen (secondary N) is 1. The summed E-state index contributed by atoms with van der Waals surface area (Å²) in [5.41, 5.74) is -0.461. The highest BCUT2D eigenvalue weighted by atomic mass is 16.6. The number of hydrogen-bond acceptors (Lipinski definition) is 5. The summed E-state index contributed by atoms with van der Waals surface area (Å²) < 4.78 is 7.46. The van der Waals surface area contributed by atoms with E-state index < -0.39 is 5.60 Å². The lowest BCUT2D eigenvalue weighted by Gasteiger charge is -2.25. The number of amides is 1. The Labute approximate surface area is 143 Å². The molecule has 1 amide bonds. The Kier molecular flexibility index (Phi) is 4.80. The van der Waals surface area contributed by atoms with Crippen LogP contribution < -0.4 is 5.32 Å². The molecule has 1 aromatic heterocycles. The fourth-order valence-corrected chi connectivity index (χ4v) is 3.24. The van der Waals surface area contributed by atoms with Crippen molar-refractivity contribution < 1.29 is 9.53 Å². The molecule has 1 N–H and O–H groups in total. The second-order valence-corrected chi connectivity index (χ2v) is 7.96.